The average Bonchev–Trinajstić information content (AvgIpc) is 3.24. The zero-order valence-electron chi connectivity index (χ0n) is 19.7. The van der Waals surface area contributed by atoms with E-state index in [9.17, 15) is 4.79 Å². The maximum atomic E-state index is 12.5. The van der Waals surface area contributed by atoms with Gasteiger partial charge in [-0.15, -0.1) is 0 Å². The Kier molecular flexibility index (Phi) is 9.17. The van der Waals surface area contributed by atoms with Crippen LogP contribution in [0.1, 0.15) is 32.3 Å². The number of anilines is 1. The third kappa shape index (κ3) is 6.50. The Morgan fingerprint density at radius 1 is 1.09 bits per heavy atom. The molecule has 2 aromatic heterocycles. The number of nitrogens with zero attached hydrogens (tertiary/aromatic N) is 4. The molecule has 0 aliphatic carbocycles. The fourth-order valence-electron chi connectivity index (χ4n) is 3.27. The Morgan fingerprint density at radius 2 is 1.91 bits per heavy atom. The fourth-order valence-corrected chi connectivity index (χ4v) is 3.97. The molecule has 0 spiro atoms. The molecule has 0 aliphatic rings. The molecule has 1 aromatic carbocycles. The summed E-state index contributed by atoms with van der Waals surface area (Å²) in [5.41, 5.74) is 1.63. The summed E-state index contributed by atoms with van der Waals surface area (Å²) in [6, 6.07) is 5.48. The van der Waals surface area contributed by atoms with Crippen molar-refractivity contribution in [3.8, 4) is 11.5 Å². The predicted molar refractivity (Wildman–Crippen MR) is 131 cm³/mol. The zero-order valence-corrected chi connectivity index (χ0v) is 20.5. The van der Waals surface area contributed by atoms with Crippen LogP contribution in [0.5, 0.6) is 11.5 Å². The summed E-state index contributed by atoms with van der Waals surface area (Å²) >= 11 is 1.64. The van der Waals surface area contributed by atoms with E-state index in [0.717, 1.165) is 52.7 Å². The number of benzene rings is 1. The van der Waals surface area contributed by atoms with Gasteiger partial charge in [-0.25, -0.2) is 14.6 Å². The van der Waals surface area contributed by atoms with Gasteiger partial charge in [0.15, 0.2) is 22.3 Å². The highest BCUT2D eigenvalue weighted by molar-refractivity contribution is 7.99. The van der Waals surface area contributed by atoms with E-state index in [-0.39, 0.29) is 12.3 Å². The molecular weight excluding hydrogens is 440 g/mol. The fraction of sp³-hybridized carbons (Fsp3) is 0.478. The minimum Gasteiger partial charge on any atom is -0.493 e. The van der Waals surface area contributed by atoms with Crippen LogP contribution < -0.4 is 20.1 Å². The number of methoxy groups -OCH3 is 2. The van der Waals surface area contributed by atoms with Gasteiger partial charge in [0.05, 0.1) is 38.8 Å². The van der Waals surface area contributed by atoms with Crippen molar-refractivity contribution in [1.29, 1.82) is 0 Å². The maximum Gasteiger partial charge on any atom is 0.224 e. The van der Waals surface area contributed by atoms with Gasteiger partial charge in [0.25, 0.3) is 0 Å². The summed E-state index contributed by atoms with van der Waals surface area (Å²) in [5.74, 6) is 2.94. The van der Waals surface area contributed by atoms with E-state index in [1.165, 1.54) is 0 Å². The van der Waals surface area contributed by atoms with Crippen molar-refractivity contribution in [2.75, 3.05) is 38.4 Å². The van der Waals surface area contributed by atoms with Gasteiger partial charge >= 0.3 is 0 Å². The normalized spacial score (nSPS) is 10.9. The molecule has 0 saturated heterocycles. The third-order valence-corrected chi connectivity index (χ3v) is 5.97. The average molecular weight is 473 g/mol. The Hall–Kier alpha value is -3.01. The van der Waals surface area contributed by atoms with E-state index in [1.807, 2.05) is 16.8 Å². The summed E-state index contributed by atoms with van der Waals surface area (Å²) in [4.78, 5) is 21.8. The minimum atomic E-state index is -0.0715. The monoisotopic (exact) mass is 472 g/mol. The molecule has 0 aliphatic heterocycles. The van der Waals surface area contributed by atoms with Crippen LogP contribution in [0.4, 0.5) is 5.82 Å². The molecule has 0 atom stereocenters. The molecule has 2 heterocycles. The van der Waals surface area contributed by atoms with Gasteiger partial charge in [0, 0.05) is 18.8 Å². The van der Waals surface area contributed by atoms with Crippen molar-refractivity contribution >= 4 is 34.5 Å². The van der Waals surface area contributed by atoms with E-state index >= 15 is 0 Å². The standard InChI is InChI=1S/C23H32N6O3S/c1-5-9-25-21-17-15-26-29(22(17)28-23(27-21)33-12-6-2)11-10-24-20(30)14-16-7-8-18(31-3)19(13-16)32-4/h7-8,13,15H,5-6,9-12,14H2,1-4H3,(H,24,30)(H,25,27,28). The smallest absolute Gasteiger partial charge is 0.224 e. The summed E-state index contributed by atoms with van der Waals surface area (Å²) in [7, 11) is 3.16. The molecule has 0 unspecified atom stereocenters. The number of hydrogen-bond acceptors (Lipinski definition) is 8. The van der Waals surface area contributed by atoms with E-state index < -0.39 is 0 Å². The highest BCUT2D eigenvalue weighted by Crippen LogP contribution is 2.28. The number of aromatic nitrogens is 4. The summed E-state index contributed by atoms with van der Waals surface area (Å²) in [6.45, 7) is 6.05. The number of amides is 1. The minimum absolute atomic E-state index is 0.0715. The quantitative estimate of drug-likeness (QED) is 0.288. The maximum absolute atomic E-state index is 12.5. The van der Waals surface area contributed by atoms with Crippen LogP contribution in [0.2, 0.25) is 0 Å². The molecule has 1 amide bonds. The lowest BCUT2D eigenvalue weighted by atomic mass is 10.1. The Morgan fingerprint density at radius 3 is 2.64 bits per heavy atom. The molecule has 178 valence electrons. The molecule has 33 heavy (non-hydrogen) atoms. The number of nitrogens with one attached hydrogen (secondary N) is 2. The Balaban J connectivity index is 1.65. The number of thioether (sulfide) groups is 1. The first-order valence-electron chi connectivity index (χ1n) is 11.2. The zero-order chi connectivity index (χ0) is 23.6. The predicted octanol–water partition coefficient (Wildman–Crippen LogP) is 3.53. The van der Waals surface area contributed by atoms with Crippen LogP contribution in [0.3, 0.4) is 0 Å². The van der Waals surface area contributed by atoms with Gasteiger partial charge in [-0.3, -0.25) is 4.79 Å². The largest absolute Gasteiger partial charge is 0.493 e. The van der Waals surface area contributed by atoms with Crippen molar-refractivity contribution in [3.05, 3.63) is 30.0 Å². The molecule has 9 nitrogen and oxygen atoms in total. The van der Waals surface area contributed by atoms with Crippen molar-refractivity contribution in [2.45, 2.75) is 44.8 Å². The van der Waals surface area contributed by atoms with E-state index in [2.05, 4.69) is 34.6 Å². The molecule has 3 rings (SSSR count). The first-order chi connectivity index (χ1) is 16.1. The highest BCUT2D eigenvalue weighted by atomic mass is 32.2. The van der Waals surface area contributed by atoms with Gasteiger partial charge < -0.3 is 20.1 Å². The van der Waals surface area contributed by atoms with Crippen LogP contribution >= 0.6 is 11.8 Å². The van der Waals surface area contributed by atoms with Gasteiger partial charge in [-0.05, 0) is 30.5 Å². The highest BCUT2D eigenvalue weighted by Gasteiger charge is 2.14. The van der Waals surface area contributed by atoms with E-state index in [1.54, 1.807) is 38.2 Å². The second kappa shape index (κ2) is 12.3. The number of hydrogen-bond donors (Lipinski definition) is 2. The van der Waals surface area contributed by atoms with Gasteiger partial charge in [0.2, 0.25) is 5.91 Å². The van der Waals surface area contributed by atoms with Crippen LogP contribution in [0.15, 0.2) is 29.6 Å². The van der Waals surface area contributed by atoms with Crippen molar-refractivity contribution in [1.82, 2.24) is 25.1 Å². The molecule has 3 aromatic rings. The number of ether oxygens (including phenoxy) is 2. The second-order valence-corrected chi connectivity index (χ2v) is 8.51. The van der Waals surface area contributed by atoms with E-state index in [4.69, 9.17) is 14.5 Å². The Bertz CT molecular complexity index is 1070. The Labute approximate surface area is 198 Å². The lowest BCUT2D eigenvalue weighted by Gasteiger charge is -2.11. The second-order valence-electron chi connectivity index (χ2n) is 7.45. The molecule has 0 saturated carbocycles. The van der Waals surface area contributed by atoms with Gasteiger partial charge in [0.1, 0.15) is 5.82 Å². The van der Waals surface area contributed by atoms with Crippen molar-refractivity contribution in [3.63, 3.8) is 0 Å². The van der Waals surface area contributed by atoms with Crippen molar-refractivity contribution in [2.24, 2.45) is 0 Å². The third-order valence-electron chi connectivity index (χ3n) is 4.91. The van der Waals surface area contributed by atoms with Gasteiger partial charge in [-0.2, -0.15) is 5.10 Å². The van der Waals surface area contributed by atoms with Crippen molar-refractivity contribution < 1.29 is 14.3 Å². The molecule has 0 bridgehead atoms. The van der Waals surface area contributed by atoms with Gasteiger partial charge in [-0.1, -0.05) is 31.7 Å². The van der Waals surface area contributed by atoms with Crippen LogP contribution in [-0.4, -0.2) is 58.7 Å². The van der Waals surface area contributed by atoms with Crippen LogP contribution in [0, 0.1) is 0 Å². The van der Waals surface area contributed by atoms with Crippen LogP contribution in [0.25, 0.3) is 11.0 Å². The summed E-state index contributed by atoms with van der Waals surface area (Å²) in [6.07, 6.45) is 4.09. The lowest BCUT2D eigenvalue weighted by Crippen LogP contribution is -2.29. The molecule has 2 N–H and O–H groups in total. The topological polar surface area (TPSA) is 103 Å². The first-order valence-corrected chi connectivity index (χ1v) is 12.2. The SMILES string of the molecule is CCCNc1nc(SCCC)nc2c1cnn2CCNC(=O)Cc1ccc(OC)c(OC)c1. The number of fused-ring (bicyclic) bond motifs is 1. The lowest BCUT2D eigenvalue weighted by molar-refractivity contribution is -0.120. The number of carbonyl (C=O) groups excluding carboxylic acids is 1. The first kappa shape index (κ1) is 24.6. The number of carbonyl (C=O) groups is 1. The summed E-state index contributed by atoms with van der Waals surface area (Å²) < 4.78 is 12.4. The molecular formula is C23H32N6O3S. The summed E-state index contributed by atoms with van der Waals surface area (Å²) in [5, 5.41) is 12.5. The van der Waals surface area contributed by atoms with Crippen LogP contribution in [-0.2, 0) is 17.8 Å². The number of rotatable bonds is 13. The molecule has 0 radical (unpaired) electrons. The molecule has 10 heteroatoms. The van der Waals surface area contributed by atoms with E-state index in [0.29, 0.717) is 24.6 Å². The molecule has 0 fully saturated rings.